The van der Waals surface area contributed by atoms with E-state index in [0.717, 1.165) is 11.3 Å². The fourth-order valence-corrected chi connectivity index (χ4v) is 0.615. The Morgan fingerprint density at radius 3 is 2.27 bits per heavy atom. The quantitative estimate of drug-likeness (QED) is 0.597. The fraction of sp³-hybridized carbons (Fsp3) is 0.300. The average Bonchev–Trinajstić information content (AvgIpc) is 2.10. The highest BCUT2D eigenvalue weighted by atomic mass is 14.7. The summed E-state index contributed by atoms with van der Waals surface area (Å²) in [5.74, 6) is 0. The van der Waals surface area contributed by atoms with Crippen molar-refractivity contribution in [1.29, 1.82) is 0 Å². The van der Waals surface area contributed by atoms with Gasteiger partial charge in [-0.2, -0.15) is 0 Å². The highest BCUT2D eigenvalue weighted by molar-refractivity contribution is 5.56. The molecule has 0 aliphatic rings. The third kappa shape index (κ3) is 3.56. The molecule has 1 aromatic rings. The highest BCUT2D eigenvalue weighted by Crippen LogP contribution is 2.04. The topological polar surface area (TPSA) is 12.9 Å². The molecule has 1 nitrogen and oxygen atoms in total. The number of pyridine rings is 1. The number of hydrogen-bond donors (Lipinski definition) is 0. The monoisotopic (exact) mass is 149 g/mol. The molecule has 0 saturated carbocycles. The van der Waals surface area contributed by atoms with E-state index < -0.39 is 0 Å². The molecule has 1 rings (SSSR count). The molecule has 0 aliphatic carbocycles. The van der Waals surface area contributed by atoms with Crippen molar-refractivity contribution < 1.29 is 0 Å². The van der Waals surface area contributed by atoms with Crippen molar-refractivity contribution in [2.24, 2.45) is 0 Å². The van der Waals surface area contributed by atoms with Crippen molar-refractivity contribution >= 4 is 5.57 Å². The summed E-state index contributed by atoms with van der Waals surface area (Å²) in [7, 11) is 0. The van der Waals surface area contributed by atoms with E-state index in [0.29, 0.717) is 0 Å². The zero-order valence-corrected chi connectivity index (χ0v) is 7.46. The highest BCUT2D eigenvalue weighted by Gasteiger charge is 1.88. The number of rotatable bonds is 1. The van der Waals surface area contributed by atoms with Gasteiger partial charge in [0.2, 0.25) is 0 Å². The summed E-state index contributed by atoms with van der Waals surface area (Å²) >= 11 is 0. The Labute approximate surface area is 68.8 Å². The molecule has 1 heteroatoms. The number of allylic oxidation sites excluding steroid dienone is 1. The zero-order valence-electron chi connectivity index (χ0n) is 7.46. The van der Waals surface area contributed by atoms with Gasteiger partial charge in [-0.15, -0.1) is 0 Å². The minimum atomic E-state index is 0.970. The molecule has 60 valence electrons. The summed E-state index contributed by atoms with van der Waals surface area (Å²) in [6, 6.07) is 5.80. The van der Waals surface area contributed by atoms with Gasteiger partial charge < -0.3 is 0 Å². The lowest BCUT2D eigenvalue weighted by Crippen LogP contribution is -1.80. The van der Waals surface area contributed by atoms with Crippen LogP contribution in [0.5, 0.6) is 0 Å². The summed E-state index contributed by atoms with van der Waals surface area (Å²) < 4.78 is 0. The Kier molecular flexibility index (Phi) is 5.09. The summed E-state index contributed by atoms with van der Waals surface area (Å²) in [5, 5.41) is 0. The molecule has 1 heterocycles. The van der Waals surface area contributed by atoms with Crippen molar-refractivity contribution in [2.75, 3.05) is 0 Å². The molecule has 0 spiro atoms. The lowest BCUT2D eigenvalue weighted by atomic mass is 10.2. The predicted octanol–water partition coefficient (Wildman–Crippen LogP) is 3.14. The number of hydrogen-bond acceptors (Lipinski definition) is 1. The second-order valence-corrected chi connectivity index (χ2v) is 2.00. The van der Waals surface area contributed by atoms with Gasteiger partial charge in [0.1, 0.15) is 0 Å². The first-order chi connectivity index (χ1) is 5.30. The third-order valence-corrected chi connectivity index (χ3v) is 1.10. The molecule has 0 unspecified atom stereocenters. The molecule has 1 aromatic heterocycles. The van der Waals surface area contributed by atoms with Crippen molar-refractivity contribution in [2.45, 2.75) is 20.8 Å². The summed E-state index contributed by atoms with van der Waals surface area (Å²) in [4.78, 5) is 4.08. The molecule has 0 N–H and O–H groups in total. The van der Waals surface area contributed by atoms with Gasteiger partial charge in [-0.25, -0.2) is 0 Å². The normalized spacial score (nSPS) is 7.91. The maximum Gasteiger partial charge on any atom is 0.0652 e. The third-order valence-electron chi connectivity index (χ3n) is 1.10. The largest absolute Gasteiger partial charge is 0.257 e. The Bertz CT molecular complexity index is 201. The van der Waals surface area contributed by atoms with Crippen LogP contribution in [0.4, 0.5) is 0 Å². The van der Waals surface area contributed by atoms with Crippen LogP contribution in [0.2, 0.25) is 0 Å². The second-order valence-electron chi connectivity index (χ2n) is 2.00. The standard InChI is InChI=1S/C8H9N.C2H6/c1-7(2)8-5-3-4-6-9-8;1-2/h3-6H,1H2,2H3;1-2H3. The van der Waals surface area contributed by atoms with Crippen LogP contribution < -0.4 is 0 Å². The van der Waals surface area contributed by atoms with Crippen LogP contribution in [-0.2, 0) is 0 Å². The van der Waals surface area contributed by atoms with Crippen molar-refractivity contribution in [3.63, 3.8) is 0 Å². The van der Waals surface area contributed by atoms with E-state index in [1.807, 2.05) is 39.0 Å². The van der Waals surface area contributed by atoms with E-state index in [1.165, 1.54) is 0 Å². The maximum atomic E-state index is 4.08. The van der Waals surface area contributed by atoms with E-state index in [9.17, 15) is 0 Å². The molecule has 0 amide bonds. The Balaban J connectivity index is 0.000000461. The van der Waals surface area contributed by atoms with Crippen LogP contribution in [0.1, 0.15) is 26.5 Å². The molecule has 0 aliphatic heterocycles. The summed E-state index contributed by atoms with van der Waals surface area (Å²) in [5.41, 5.74) is 1.98. The number of aromatic nitrogens is 1. The zero-order chi connectivity index (χ0) is 8.69. The van der Waals surface area contributed by atoms with Gasteiger partial charge >= 0.3 is 0 Å². The van der Waals surface area contributed by atoms with Crippen molar-refractivity contribution in [3.8, 4) is 0 Å². The molecular weight excluding hydrogens is 134 g/mol. The van der Waals surface area contributed by atoms with Gasteiger partial charge in [0, 0.05) is 6.20 Å². The minimum absolute atomic E-state index is 0.970. The molecule has 0 atom stereocenters. The molecule has 11 heavy (non-hydrogen) atoms. The van der Waals surface area contributed by atoms with Crippen LogP contribution in [0.25, 0.3) is 5.57 Å². The lowest BCUT2D eigenvalue weighted by Gasteiger charge is -1.93. The number of nitrogens with zero attached hydrogens (tertiary/aromatic N) is 1. The van der Waals surface area contributed by atoms with E-state index in [-0.39, 0.29) is 0 Å². The summed E-state index contributed by atoms with van der Waals surface area (Å²) in [6.07, 6.45) is 1.77. The lowest BCUT2D eigenvalue weighted by molar-refractivity contribution is 1.27. The van der Waals surface area contributed by atoms with Crippen molar-refractivity contribution in [3.05, 3.63) is 36.7 Å². The fourth-order valence-electron chi connectivity index (χ4n) is 0.615. The molecule has 0 saturated heterocycles. The van der Waals surface area contributed by atoms with E-state index in [1.54, 1.807) is 6.20 Å². The maximum absolute atomic E-state index is 4.08. The van der Waals surface area contributed by atoms with Gasteiger partial charge in [-0.3, -0.25) is 4.98 Å². The smallest absolute Gasteiger partial charge is 0.0652 e. The summed E-state index contributed by atoms with van der Waals surface area (Å²) in [6.45, 7) is 9.71. The molecule has 0 fully saturated rings. The molecule has 0 radical (unpaired) electrons. The van der Waals surface area contributed by atoms with Crippen molar-refractivity contribution in [1.82, 2.24) is 4.98 Å². The van der Waals surface area contributed by atoms with Gasteiger partial charge in [-0.1, -0.05) is 26.5 Å². The average molecular weight is 149 g/mol. The van der Waals surface area contributed by atoms with E-state index in [2.05, 4.69) is 11.6 Å². The van der Waals surface area contributed by atoms with Crippen LogP contribution in [-0.4, -0.2) is 4.98 Å². The molecule has 0 bridgehead atoms. The van der Waals surface area contributed by atoms with Crippen LogP contribution in [0.15, 0.2) is 31.0 Å². The van der Waals surface area contributed by atoms with Crippen LogP contribution in [0, 0.1) is 0 Å². The van der Waals surface area contributed by atoms with Gasteiger partial charge in [-0.05, 0) is 24.6 Å². The Hall–Kier alpha value is -1.11. The molecule has 0 aromatic carbocycles. The van der Waals surface area contributed by atoms with Gasteiger partial charge in [0.25, 0.3) is 0 Å². The van der Waals surface area contributed by atoms with E-state index in [4.69, 9.17) is 0 Å². The first-order valence-electron chi connectivity index (χ1n) is 3.87. The SMILES string of the molecule is C=C(C)c1ccccn1.CC. The van der Waals surface area contributed by atoms with Crippen LogP contribution >= 0.6 is 0 Å². The van der Waals surface area contributed by atoms with Crippen LogP contribution in [0.3, 0.4) is 0 Å². The first-order valence-corrected chi connectivity index (χ1v) is 3.87. The predicted molar refractivity (Wildman–Crippen MR) is 50.3 cm³/mol. The first kappa shape index (κ1) is 9.89. The second kappa shape index (κ2) is 5.66. The Morgan fingerprint density at radius 1 is 1.36 bits per heavy atom. The van der Waals surface area contributed by atoms with Gasteiger partial charge in [0.05, 0.1) is 5.69 Å². The Morgan fingerprint density at radius 2 is 2.00 bits per heavy atom. The van der Waals surface area contributed by atoms with E-state index >= 15 is 0 Å². The van der Waals surface area contributed by atoms with Gasteiger partial charge in [0.15, 0.2) is 0 Å². The minimum Gasteiger partial charge on any atom is -0.257 e. The molecular formula is C10H15N.